The van der Waals surface area contributed by atoms with E-state index in [4.69, 9.17) is 4.74 Å². The van der Waals surface area contributed by atoms with Gasteiger partial charge in [-0.05, 0) is 40.0 Å². The predicted octanol–water partition coefficient (Wildman–Crippen LogP) is 1.38. The molecule has 1 aromatic heterocycles. The average Bonchev–Trinajstić information content (AvgIpc) is 2.59. The molecule has 7 nitrogen and oxygen atoms in total. The van der Waals surface area contributed by atoms with Gasteiger partial charge in [-0.3, -0.25) is 14.5 Å². The highest BCUT2D eigenvalue weighted by Crippen LogP contribution is 2.14. The van der Waals surface area contributed by atoms with Gasteiger partial charge in [0.15, 0.2) is 0 Å². The number of ether oxygens (including phenoxy) is 1. The number of aromatic nitrogens is 2. The number of morpholine rings is 1. The van der Waals surface area contributed by atoms with Gasteiger partial charge in [0.2, 0.25) is 5.91 Å². The van der Waals surface area contributed by atoms with E-state index < -0.39 is 0 Å². The molecule has 0 unspecified atom stereocenters. The molecule has 0 radical (unpaired) electrons. The molecule has 1 fully saturated rings. The van der Waals surface area contributed by atoms with Crippen LogP contribution >= 0.6 is 0 Å². The lowest BCUT2D eigenvalue weighted by Crippen LogP contribution is -2.53. The minimum Gasteiger partial charge on any atom is -0.372 e. The molecule has 3 rings (SSSR count). The highest BCUT2D eigenvalue weighted by Gasteiger charge is 2.30. The van der Waals surface area contributed by atoms with E-state index in [0.717, 1.165) is 0 Å². The maximum atomic E-state index is 12.8. The van der Waals surface area contributed by atoms with Gasteiger partial charge in [-0.25, -0.2) is 4.98 Å². The fraction of sp³-hybridized carbons (Fsp3) is 0.526. The molecule has 0 spiro atoms. The number of rotatable bonds is 4. The number of amides is 1. The second-order valence-corrected chi connectivity index (χ2v) is 7.12. The molecule has 1 aliphatic rings. The lowest BCUT2D eigenvalue weighted by Gasteiger charge is -2.38. The van der Waals surface area contributed by atoms with Gasteiger partial charge in [0.25, 0.3) is 5.56 Å². The highest BCUT2D eigenvalue weighted by atomic mass is 16.5. The maximum Gasteiger partial charge on any atom is 0.258 e. The number of carbonyl (C=O) groups is 1. The summed E-state index contributed by atoms with van der Waals surface area (Å²) in [6.07, 6.45) is 0.0810. The van der Waals surface area contributed by atoms with Crippen molar-refractivity contribution in [3.05, 3.63) is 40.4 Å². The lowest BCUT2D eigenvalue weighted by atomic mass is 10.2. The Labute approximate surface area is 153 Å². The molecule has 1 amide bonds. The van der Waals surface area contributed by atoms with Crippen molar-refractivity contribution < 1.29 is 9.53 Å². The van der Waals surface area contributed by atoms with E-state index in [-0.39, 0.29) is 29.7 Å². The molecule has 1 saturated heterocycles. The molecule has 26 heavy (non-hydrogen) atoms. The second kappa shape index (κ2) is 7.55. The summed E-state index contributed by atoms with van der Waals surface area (Å²) in [6.45, 7) is 7.44. The van der Waals surface area contributed by atoms with Crippen LogP contribution in [0.2, 0.25) is 0 Å². The molecule has 0 aliphatic carbocycles. The van der Waals surface area contributed by atoms with Crippen molar-refractivity contribution in [2.45, 2.75) is 45.6 Å². The van der Waals surface area contributed by atoms with Gasteiger partial charge in [-0.2, -0.15) is 0 Å². The Balaban J connectivity index is 1.72. The summed E-state index contributed by atoms with van der Waals surface area (Å²) in [6, 6.07) is 6.93. The third-order valence-electron chi connectivity index (χ3n) is 4.81. The molecule has 2 aromatic rings. The lowest BCUT2D eigenvalue weighted by molar-refractivity contribution is -0.148. The average molecular weight is 358 g/mol. The van der Waals surface area contributed by atoms with Gasteiger partial charge in [-0.15, -0.1) is 0 Å². The number of aromatic amines is 1. The number of para-hydroxylation sites is 1. The van der Waals surface area contributed by atoms with Crippen LogP contribution in [-0.4, -0.2) is 64.1 Å². The molecule has 3 atom stereocenters. The fourth-order valence-corrected chi connectivity index (χ4v) is 3.39. The van der Waals surface area contributed by atoms with Crippen LogP contribution in [0.15, 0.2) is 29.1 Å². The normalized spacial score (nSPS) is 22.0. The Morgan fingerprint density at radius 2 is 2.00 bits per heavy atom. The summed E-state index contributed by atoms with van der Waals surface area (Å²) in [5.74, 6) is 0.622. The zero-order valence-corrected chi connectivity index (χ0v) is 15.7. The van der Waals surface area contributed by atoms with Gasteiger partial charge in [-0.1, -0.05) is 12.1 Å². The monoisotopic (exact) mass is 358 g/mol. The first-order valence-corrected chi connectivity index (χ1v) is 8.97. The summed E-state index contributed by atoms with van der Waals surface area (Å²) in [7, 11) is 1.87. The summed E-state index contributed by atoms with van der Waals surface area (Å²) in [5.41, 5.74) is 0.503. The van der Waals surface area contributed by atoms with Crippen molar-refractivity contribution in [3.63, 3.8) is 0 Å². The van der Waals surface area contributed by atoms with E-state index in [1.54, 1.807) is 6.07 Å². The number of fused-ring (bicyclic) bond motifs is 1. The predicted molar refractivity (Wildman–Crippen MR) is 99.9 cm³/mol. The van der Waals surface area contributed by atoms with Crippen molar-refractivity contribution in [1.82, 2.24) is 19.8 Å². The molecule has 7 heteroatoms. The number of likely N-dealkylation sites (N-methyl/N-ethyl adjacent to an activating group) is 1. The number of hydrogen-bond donors (Lipinski definition) is 1. The summed E-state index contributed by atoms with van der Waals surface area (Å²) < 4.78 is 5.70. The van der Waals surface area contributed by atoms with Crippen LogP contribution in [-0.2, 0) is 16.1 Å². The Morgan fingerprint density at radius 1 is 1.35 bits per heavy atom. The van der Waals surface area contributed by atoms with Crippen LogP contribution in [0.3, 0.4) is 0 Å². The third-order valence-corrected chi connectivity index (χ3v) is 4.81. The third kappa shape index (κ3) is 3.94. The molecular formula is C19H26N4O3. The highest BCUT2D eigenvalue weighted by molar-refractivity contribution is 5.81. The van der Waals surface area contributed by atoms with Gasteiger partial charge < -0.3 is 14.6 Å². The summed E-state index contributed by atoms with van der Waals surface area (Å²) in [4.78, 5) is 36.1. The van der Waals surface area contributed by atoms with Crippen molar-refractivity contribution in [2.75, 3.05) is 20.1 Å². The standard InChI is InChI=1S/C19H26N4O3/c1-12-9-23(10-13(2)26-12)19(25)14(3)22(4)11-17-20-16-8-6-5-7-15(16)18(24)21-17/h5-8,12-14H,9-11H2,1-4H3,(H,20,21,24)/t12-,13+,14-/m0/s1. The largest absolute Gasteiger partial charge is 0.372 e. The van der Waals surface area contributed by atoms with Gasteiger partial charge in [0, 0.05) is 13.1 Å². The van der Waals surface area contributed by atoms with Crippen LogP contribution in [0, 0.1) is 0 Å². The SMILES string of the molecule is C[C@@H]1CN(C(=O)[C@H](C)N(C)Cc2nc3ccccc3c(=O)[nH]2)C[C@H](C)O1. The van der Waals surface area contributed by atoms with Gasteiger partial charge in [0.05, 0.1) is 35.7 Å². The summed E-state index contributed by atoms with van der Waals surface area (Å²) in [5, 5.41) is 0.569. The van der Waals surface area contributed by atoms with Gasteiger partial charge in [0.1, 0.15) is 5.82 Å². The van der Waals surface area contributed by atoms with E-state index in [2.05, 4.69) is 9.97 Å². The van der Waals surface area contributed by atoms with Crippen LogP contribution in [0.4, 0.5) is 0 Å². The number of benzene rings is 1. The first-order valence-electron chi connectivity index (χ1n) is 8.97. The molecule has 1 aliphatic heterocycles. The number of nitrogens with one attached hydrogen (secondary N) is 1. The minimum absolute atomic E-state index is 0.0405. The molecule has 0 saturated carbocycles. The van der Waals surface area contributed by atoms with E-state index >= 15 is 0 Å². The van der Waals surface area contributed by atoms with Crippen LogP contribution in [0.1, 0.15) is 26.6 Å². The molecule has 2 heterocycles. The van der Waals surface area contributed by atoms with Crippen LogP contribution < -0.4 is 5.56 Å². The number of hydrogen-bond acceptors (Lipinski definition) is 5. The Bertz CT molecular complexity index is 840. The van der Waals surface area contributed by atoms with E-state index in [9.17, 15) is 9.59 Å². The first kappa shape index (κ1) is 18.5. The Kier molecular flexibility index (Phi) is 5.38. The number of H-pyrrole nitrogens is 1. The van der Waals surface area contributed by atoms with E-state index in [0.29, 0.717) is 36.4 Å². The molecule has 1 N–H and O–H groups in total. The number of carbonyl (C=O) groups excluding carboxylic acids is 1. The quantitative estimate of drug-likeness (QED) is 0.893. The van der Waals surface area contributed by atoms with Crippen LogP contribution in [0.5, 0.6) is 0 Å². The first-order chi connectivity index (χ1) is 12.3. The fourth-order valence-electron chi connectivity index (χ4n) is 3.39. The van der Waals surface area contributed by atoms with Crippen molar-refractivity contribution >= 4 is 16.8 Å². The maximum absolute atomic E-state index is 12.8. The molecule has 140 valence electrons. The molecular weight excluding hydrogens is 332 g/mol. The van der Waals surface area contributed by atoms with E-state index in [1.165, 1.54) is 0 Å². The zero-order chi connectivity index (χ0) is 18.8. The Hall–Kier alpha value is -2.25. The molecule has 0 bridgehead atoms. The van der Waals surface area contributed by atoms with Crippen molar-refractivity contribution in [3.8, 4) is 0 Å². The Morgan fingerprint density at radius 3 is 2.69 bits per heavy atom. The van der Waals surface area contributed by atoms with Crippen molar-refractivity contribution in [1.29, 1.82) is 0 Å². The second-order valence-electron chi connectivity index (χ2n) is 7.12. The zero-order valence-electron chi connectivity index (χ0n) is 15.7. The van der Waals surface area contributed by atoms with Gasteiger partial charge >= 0.3 is 0 Å². The van der Waals surface area contributed by atoms with E-state index in [1.807, 2.05) is 55.8 Å². The number of nitrogens with zero attached hydrogens (tertiary/aromatic N) is 3. The molecule has 1 aromatic carbocycles. The smallest absolute Gasteiger partial charge is 0.258 e. The van der Waals surface area contributed by atoms with Crippen LogP contribution in [0.25, 0.3) is 10.9 Å². The van der Waals surface area contributed by atoms with Crippen molar-refractivity contribution in [2.24, 2.45) is 0 Å². The minimum atomic E-state index is -0.315. The topological polar surface area (TPSA) is 78.5 Å². The summed E-state index contributed by atoms with van der Waals surface area (Å²) >= 11 is 0.